The first kappa shape index (κ1) is 21.7. The van der Waals surface area contributed by atoms with E-state index in [-0.39, 0.29) is 12.5 Å². The zero-order valence-electron chi connectivity index (χ0n) is 16.3. The maximum atomic E-state index is 12.5. The minimum atomic E-state index is -0.218. The molecule has 0 aliphatic heterocycles. The molecule has 0 spiro atoms. The van der Waals surface area contributed by atoms with Crippen molar-refractivity contribution in [2.24, 2.45) is 0 Å². The number of aryl methyl sites for hydroxylation is 1. The normalized spacial score (nSPS) is 11.1. The van der Waals surface area contributed by atoms with Crippen molar-refractivity contribution < 1.29 is 4.79 Å². The van der Waals surface area contributed by atoms with Crippen molar-refractivity contribution in [3.8, 4) is 5.69 Å². The fraction of sp³-hybridized carbons (Fsp3) is 0.238. The number of nitrogens with one attached hydrogen (secondary N) is 1. The summed E-state index contributed by atoms with van der Waals surface area (Å²) in [6.07, 6.45) is 0. The second-order valence-electron chi connectivity index (χ2n) is 6.86. The number of benzene rings is 2. The van der Waals surface area contributed by atoms with Crippen LogP contribution in [0.5, 0.6) is 0 Å². The first-order valence-corrected chi connectivity index (χ1v) is 10.1. The van der Waals surface area contributed by atoms with E-state index in [1.807, 2.05) is 60.8 Å². The zero-order chi connectivity index (χ0) is 21.1. The molecule has 2 aromatic carbocycles. The maximum Gasteiger partial charge on any atom is 0.238 e. The van der Waals surface area contributed by atoms with Crippen molar-refractivity contribution in [2.75, 3.05) is 18.9 Å². The van der Waals surface area contributed by atoms with Gasteiger partial charge in [0.25, 0.3) is 0 Å². The van der Waals surface area contributed by atoms with Gasteiger partial charge in [0, 0.05) is 22.8 Å². The van der Waals surface area contributed by atoms with Crippen molar-refractivity contribution in [3.05, 3.63) is 74.5 Å². The Kier molecular flexibility index (Phi) is 6.85. The van der Waals surface area contributed by atoms with Gasteiger partial charge in [-0.05, 0) is 45.2 Å². The Morgan fingerprint density at radius 2 is 1.72 bits per heavy atom. The lowest BCUT2D eigenvalue weighted by Crippen LogP contribution is -2.30. The van der Waals surface area contributed by atoms with Crippen molar-refractivity contribution in [3.63, 3.8) is 0 Å². The number of carbonyl (C=O) groups excluding carboxylic acids is 1. The van der Waals surface area contributed by atoms with Gasteiger partial charge in [-0.1, -0.05) is 53.0 Å². The Morgan fingerprint density at radius 1 is 1.10 bits per heavy atom. The predicted molar refractivity (Wildman–Crippen MR) is 119 cm³/mol. The molecule has 0 aliphatic rings. The second kappa shape index (κ2) is 9.18. The summed E-state index contributed by atoms with van der Waals surface area (Å²) in [6, 6.07) is 13.0. The van der Waals surface area contributed by atoms with Crippen LogP contribution >= 0.6 is 34.8 Å². The summed E-state index contributed by atoms with van der Waals surface area (Å²) in [6.45, 7) is 4.76. The molecule has 0 bridgehead atoms. The third-order valence-corrected chi connectivity index (χ3v) is 5.37. The van der Waals surface area contributed by atoms with Gasteiger partial charge in [0.1, 0.15) is 0 Å². The average Bonchev–Trinajstić information content (AvgIpc) is 2.93. The Labute approximate surface area is 185 Å². The molecule has 0 atom stereocenters. The van der Waals surface area contributed by atoms with Gasteiger partial charge >= 0.3 is 0 Å². The number of hydrogen-bond acceptors (Lipinski definition) is 3. The van der Waals surface area contributed by atoms with Gasteiger partial charge in [-0.2, -0.15) is 5.10 Å². The third-order valence-electron chi connectivity index (χ3n) is 4.55. The van der Waals surface area contributed by atoms with E-state index in [2.05, 4.69) is 10.4 Å². The van der Waals surface area contributed by atoms with Crippen LogP contribution in [-0.4, -0.2) is 34.2 Å². The van der Waals surface area contributed by atoms with Gasteiger partial charge in [-0.15, -0.1) is 0 Å². The number of para-hydroxylation sites is 1. The Morgan fingerprint density at radius 3 is 2.34 bits per heavy atom. The van der Waals surface area contributed by atoms with Crippen molar-refractivity contribution in [1.29, 1.82) is 0 Å². The smallest absolute Gasteiger partial charge is 0.238 e. The lowest BCUT2D eigenvalue weighted by Gasteiger charge is -2.17. The van der Waals surface area contributed by atoms with Crippen LogP contribution in [0.15, 0.2) is 42.5 Å². The average molecular weight is 452 g/mol. The Hall–Kier alpha value is -2.05. The highest BCUT2D eigenvalue weighted by Crippen LogP contribution is 2.33. The fourth-order valence-corrected chi connectivity index (χ4v) is 4.05. The Bertz CT molecular complexity index is 1010. The van der Waals surface area contributed by atoms with Gasteiger partial charge in [0.15, 0.2) is 0 Å². The van der Waals surface area contributed by atoms with Crippen LogP contribution in [0.4, 0.5) is 5.69 Å². The largest absolute Gasteiger partial charge is 0.322 e. The number of aromatic nitrogens is 2. The van der Waals surface area contributed by atoms with Gasteiger partial charge in [-0.3, -0.25) is 9.69 Å². The highest BCUT2D eigenvalue weighted by Gasteiger charge is 2.17. The molecule has 3 aromatic rings. The van der Waals surface area contributed by atoms with E-state index in [0.717, 1.165) is 22.6 Å². The number of halogens is 3. The van der Waals surface area contributed by atoms with Crippen LogP contribution in [-0.2, 0) is 11.3 Å². The standard InChI is InChI=1S/C21H21Cl3N4O/c1-13-17(14(2)28(26-13)16-7-5-4-6-8-16)11-27(3)12-20(29)25-21-18(23)9-15(22)10-19(21)24/h4-10H,11-12H2,1-3H3,(H,25,29). The number of anilines is 1. The molecule has 152 valence electrons. The molecule has 1 heterocycles. The topological polar surface area (TPSA) is 50.2 Å². The van der Waals surface area contributed by atoms with E-state index >= 15 is 0 Å². The van der Waals surface area contributed by atoms with Gasteiger partial charge in [-0.25, -0.2) is 4.68 Å². The Balaban J connectivity index is 1.69. The van der Waals surface area contributed by atoms with Crippen LogP contribution in [0.2, 0.25) is 15.1 Å². The van der Waals surface area contributed by atoms with Crippen molar-refractivity contribution in [2.45, 2.75) is 20.4 Å². The number of amides is 1. The summed E-state index contributed by atoms with van der Waals surface area (Å²) in [7, 11) is 1.88. The maximum absolute atomic E-state index is 12.5. The summed E-state index contributed by atoms with van der Waals surface area (Å²) < 4.78 is 1.92. The van der Waals surface area contributed by atoms with Gasteiger partial charge in [0.2, 0.25) is 5.91 Å². The fourth-order valence-electron chi connectivity index (χ4n) is 3.14. The van der Waals surface area contributed by atoms with E-state index in [4.69, 9.17) is 34.8 Å². The molecular weight excluding hydrogens is 431 g/mol. The summed E-state index contributed by atoms with van der Waals surface area (Å²) in [5.41, 5.74) is 4.44. The van der Waals surface area contributed by atoms with Crippen LogP contribution in [0, 0.1) is 13.8 Å². The first-order chi connectivity index (χ1) is 13.8. The number of rotatable bonds is 6. The lowest BCUT2D eigenvalue weighted by molar-refractivity contribution is -0.117. The first-order valence-electron chi connectivity index (χ1n) is 8.99. The molecule has 1 aromatic heterocycles. The van der Waals surface area contributed by atoms with E-state index in [1.165, 1.54) is 0 Å². The summed E-state index contributed by atoms with van der Waals surface area (Å²) >= 11 is 18.2. The van der Waals surface area contributed by atoms with E-state index in [0.29, 0.717) is 27.3 Å². The molecule has 1 N–H and O–H groups in total. The third kappa shape index (κ3) is 5.11. The highest BCUT2D eigenvalue weighted by atomic mass is 35.5. The summed E-state index contributed by atoms with van der Waals surface area (Å²) in [5.74, 6) is -0.218. The second-order valence-corrected chi connectivity index (χ2v) is 8.11. The molecule has 0 aliphatic carbocycles. The van der Waals surface area contributed by atoms with Crippen molar-refractivity contribution in [1.82, 2.24) is 14.7 Å². The SMILES string of the molecule is Cc1nn(-c2ccccc2)c(C)c1CN(C)CC(=O)Nc1c(Cl)cc(Cl)cc1Cl. The van der Waals surface area contributed by atoms with Crippen LogP contribution < -0.4 is 5.32 Å². The molecule has 0 fully saturated rings. The minimum absolute atomic E-state index is 0.171. The molecular formula is C21H21Cl3N4O. The number of likely N-dealkylation sites (N-methyl/N-ethyl adjacent to an activating group) is 1. The molecule has 3 rings (SSSR count). The van der Waals surface area contributed by atoms with Crippen LogP contribution in [0.3, 0.4) is 0 Å². The molecule has 1 amide bonds. The molecule has 8 heteroatoms. The summed E-state index contributed by atoms with van der Waals surface area (Å²) in [5, 5.41) is 8.43. The van der Waals surface area contributed by atoms with Crippen LogP contribution in [0.25, 0.3) is 5.69 Å². The molecule has 0 saturated heterocycles. The molecule has 0 unspecified atom stereocenters. The molecule has 5 nitrogen and oxygen atoms in total. The van der Waals surface area contributed by atoms with E-state index in [9.17, 15) is 4.79 Å². The van der Waals surface area contributed by atoms with Crippen molar-refractivity contribution >= 4 is 46.4 Å². The molecule has 0 radical (unpaired) electrons. The number of hydrogen-bond donors (Lipinski definition) is 1. The number of nitrogens with zero attached hydrogens (tertiary/aromatic N) is 3. The van der Waals surface area contributed by atoms with E-state index in [1.54, 1.807) is 12.1 Å². The van der Waals surface area contributed by atoms with Crippen LogP contribution in [0.1, 0.15) is 17.0 Å². The van der Waals surface area contributed by atoms with Gasteiger partial charge in [0.05, 0.1) is 33.7 Å². The summed E-state index contributed by atoms with van der Waals surface area (Å²) in [4.78, 5) is 14.4. The monoisotopic (exact) mass is 450 g/mol. The van der Waals surface area contributed by atoms with Gasteiger partial charge < -0.3 is 5.32 Å². The zero-order valence-corrected chi connectivity index (χ0v) is 18.6. The molecule has 29 heavy (non-hydrogen) atoms. The predicted octanol–water partition coefficient (Wildman–Crippen LogP) is 5.52. The minimum Gasteiger partial charge on any atom is -0.322 e. The quantitative estimate of drug-likeness (QED) is 0.537. The highest BCUT2D eigenvalue weighted by molar-refractivity contribution is 6.42. The molecule has 0 saturated carbocycles. The lowest BCUT2D eigenvalue weighted by atomic mass is 10.2. The van der Waals surface area contributed by atoms with E-state index < -0.39 is 0 Å². The number of carbonyl (C=O) groups is 1.